The summed E-state index contributed by atoms with van der Waals surface area (Å²) in [6.45, 7) is 3.47. The van der Waals surface area contributed by atoms with E-state index in [0.717, 1.165) is 5.56 Å². The van der Waals surface area contributed by atoms with Crippen molar-refractivity contribution in [2.75, 3.05) is 0 Å². The van der Waals surface area contributed by atoms with Crippen molar-refractivity contribution < 1.29 is 12.8 Å². The van der Waals surface area contributed by atoms with Crippen LogP contribution in [0.1, 0.15) is 25.3 Å². The van der Waals surface area contributed by atoms with Crippen LogP contribution in [0.25, 0.3) is 11.5 Å². The topological polar surface area (TPSA) is 100 Å². The van der Waals surface area contributed by atoms with Crippen molar-refractivity contribution in [2.24, 2.45) is 0 Å². The van der Waals surface area contributed by atoms with Crippen LogP contribution < -0.4 is 0 Å². The molecule has 0 aliphatic rings. The number of hydrogen-bond donors (Lipinski definition) is 0. The van der Waals surface area contributed by atoms with Gasteiger partial charge in [-0.25, -0.2) is 8.42 Å². The average Bonchev–Trinajstić information content (AvgIpc) is 3.15. The molecule has 8 heteroatoms. The van der Waals surface area contributed by atoms with Gasteiger partial charge in [0.1, 0.15) is 0 Å². The average molecular weight is 382 g/mol. The van der Waals surface area contributed by atoms with Crippen LogP contribution in [0.15, 0.2) is 63.9 Å². The zero-order chi connectivity index (χ0) is 19.4. The summed E-state index contributed by atoms with van der Waals surface area (Å²) < 4.78 is 33.0. The molecule has 3 aromatic rings. The van der Waals surface area contributed by atoms with E-state index in [1.165, 1.54) is 16.4 Å². The van der Waals surface area contributed by atoms with Crippen molar-refractivity contribution in [1.29, 1.82) is 5.26 Å². The molecule has 1 heterocycles. The van der Waals surface area contributed by atoms with Crippen LogP contribution in [0.4, 0.5) is 0 Å². The third kappa shape index (κ3) is 4.05. The highest BCUT2D eigenvalue weighted by atomic mass is 32.2. The highest BCUT2D eigenvalue weighted by Gasteiger charge is 2.29. The van der Waals surface area contributed by atoms with Crippen molar-refractivity contribution in [1.82, 2.24) is 14.5 Å². The normalized spacial score (nSPS) is 11.7. The quantitative estimate of drug-likeness (QED) is 0.649. The van der Waals surface area contributed by atoms with Gasteiger partial charge in [0.15, 0.2) is 0 Å². The van der Waals surface area contributed by atoms with Gasteiger partial charge >= 0.3 is 0 Å². The van der Waals surface area contributed by atoms with Crippen LogP contribution in [0.5, 0.6) is 0 Å². The number of hydrogen-bond acceptors (Lipinski definition) is 6. The Bertz CT molecular complexity index is 1070. The lowest BCUT2D eigenvalue weighted by Gasteiger charge is -2.24. The first kappa shape index (κ1) is 18.8. The lowest BCUT2D eigenvalue weighted by molar-refractivity contribution is 0.313. The second-order valence-electron chi connectivity index (χ2n) is 6.15. The molecular formula is C19H18N4O3S. The number of nitriles is 1. The smallest absolute Gasteiger partial charge is 0.247 e. The number of rotatable bonds is 6. The van der Waals surface area contributed by atoms with Crippen LogP contribution in [0.2, 0.25) is 0 Å². The maximum absolute atomic E-state index is 13.0. The number of aromatic nitrogens is 2. The minimum absolute atomic E-state index is 0.0537. The summed E-state index contributed by atoms with van der Waals surface area (Å²) in [5, 5.41) is 17.0. The Morgan fingerprint density at radius 3 is 2.52 bits per heavy atom. The Hall–Kier alpha value is -3.02. The molecule has 0 radical (unpaired) electrons. The Morgan fingerprint density at radius 2 is 1.85 bits per heavy atom. The van der Waals surface area contributed by atoms with Gasteiger partial charge in [0.05, 0.1) is 23.1 Å². The largest absolute Gasteiger partial charge is 0.419 e. The summed E-state index contributed by atoms with van der Waals surface area (Å²) in [4.78, 5) is 0.0537. The van der Waals surface area contributed by atoms with Crippen LogP contribution in [0.3, 0.4) is 0 Å². The molecule has 0 aliphatic carbocycles. The third-order valence-corrected chi connectivity index (χ3v) is 5.94. The Morgan fingerprint density at radius 1 is 1.11 bits per heavy atom. The number of nitrogens with zero attached hydrogens (tertiary/aromatic N) is 4. The fourth-order valence-electron chi connectivity index (χ4n) is 2.55. The van der Waals surface area contributed by atoms with Crippen molar-refractivity contribution in [3.63, 3.8) is 0 Å². The van der Waals surface area contributed by atoms with Gasteiger partial charge in [-0.1, -0.05) is 24.3 Å². The van der Waals surface area contributed by atoms with Crippen molar-refractivity contribution in [2.45, 2.75) is 31.3 Å². The standard InChI is InChI=1S/C19H18N4O3S/c1-14(2)23(27(24,25)17-10-6-7-15(11-17)12-20)13-18-21-22-19(26-18)16-8-4-3-5-9-16/h3-11,14H,13H2,1-2H3. The van der Waals surface area contributed by atoms with E-state index in [1.54, 1.807) is 26.0 Å². The van der Waals surface area contributed by atoms with E-state index >= 15 is 0 Å². The summed E-state index contributed by atoms with van der Waals surface area (Å²) in [7, 11) is -3.83. The monoisotopic (exact) mass is 382 g/mol. The molecule has 1 aromatic heterocycles. The molecule has 0 fully saturated rings. The van der Waals surface area contributed by atoms with Gasteiger partial charge in [0.2, 0.25) is 21.8 Å². The van der Waals surface area contributed by atoms with E-state index in [9.17, 15) is 8.42 Å². The predicted octanol–water partition coefficient (Wildman–Crippen LogP) is 3.21. The molecule has 0 bridgehead atoms. The molecule has 0 atom stereocenters. The van der Waals surface area contributed by atoms with Gasteiger partial charge in [-0.2, -0.15) is 9.57 Å². The minimum Gasteiger partial charge on any atom is -0.419 e. The fraction of sp³-hybridized carbons (Fsp3) is 0.211. The van der Waals surface area contributed by atoms with Crippen LogP contribution in [0, 0.1) is 11.3 Å². The maximum Gasteiger partial charge on any atom is 0.247 e. The molecule has 3 rings (SSSR count). The number of sulfonamides is 1. The van der Waals surface area contributed by atoms with Gasteiger partial charge in [0.25, 0.3) is 0 Å². The van der Waals surface area contributed by atoms with Crippen molar-refractivity contribution >= 4 is 10.0 Å². The van der Waals surface area contributed by atoms with Crippen LogP contribution in [-0.2, 0) is 16.6 Å². The predicted molar refractivity (Wildman–Crippen MR) is 98.8 cm³/mol. The fourth-order valence-corrected chi connectivity index (χ4v) is 4.19. The van der Waals surface area contributed by atoms with Gasteiger partial charge in [-0.15, -0.1) is 10.2 Å². The van der Waals surface area contributed by atoms with Crippen LogP contribution >= 0.6 is 0 Å². The summed E-state index contributed by atoms with van der Waals surface area (Å²) in [5.74, 6) is 0.528. The molecule has 27 heavy (non-hydrogen) atoms. The molecule has 138 valence electrons. The SMILES string of the molecule is CC(C)N(Cc1nnc(-c2ccccc2)o1)S(=O)(=O)c1cccc(C#N)c1. The number of benzene rings is 2. The van der Waals surface area contributed by atoms with E-state index in [-0.39, 0.29) is 28.9 Å². The van der Waals surface area contributed by atoms with Crippen LogP contribution in [-0.4, -0.2) is 29.0 Å². The molecule has 0 saturated heterocycles. The summed E-state index contributed by atoms with van der Waals surface area (Å²) in [5.41, 5.74) is 1.04. The van der Waals surface area contributed by atoms with E-state index in [4.69, 9.17) is 9.68 Å². The van der Waals surface area contributed by atoms with Gasteiger partial charge in [-0.3, -0.25) is 0 Å². The van der Waals surface area contributed by atoms with E-state index < -0.39 is 10.0 Å². The summed E-state index contributed by atoms with van der Waals surface area (Å²) >= 11 is 0. The molecule has 0 unspecified atom stereocenters. The minimum atomic E-state index is -3.83. The first-order valence-electron chi connectivity index (χ1n) is 8.31. The molecule has 7 nitrogen and oxygen atoms in total. The maximum atomic E-state index is 13.0. The molecule has 0 spiro atoms. The van der Waals surface area contributed by atoms with E-state index in [0.29, 0.717) is 5.89 Å². The second kappa shape index (κ2) is 7.70. The lowest BCUT2D eigenvalue weighted by atomic mass is 10.2. The lowest BCUT2D eigenvalue weighted by Crippen LogP contribution is -2.36. The third-order valence-electron chi connectivity index (χ3n) is 3.92. The zero-order valence-corrected chi connectivity index (χ0v) is 15.7. The molecule has 0 amide bonds. The van der Waals surface area contributed by atoms with Gasteiger partial charge < -0.3 is 4.42 Å². The molecule has 2 aromatic carbocycles. The van der Waals surface area contributed by atoms with E-state index in [1.807, 2.05) is 36.4 Å². The Kier molecular flexibility index (Phi) is 5.35. The summed E-state index contributed by atoms with van der Waals surface area (Å²) in [6.07, 6.45) is 0. The van der Waals surface area contributed by atoms with Gasteiger partial charge in [0, 0.05) is 11.6 Å². The first-order valence-corrected chi connectivity index (χ1v) is 9.75. The van der Waals surface area contributed by atoms with Crippen molar-refractivity contribution in [3.05, 3.63) is 66.1 Å². The Balaban J connectivity index is 1.90. The van der Waals surface area contributed by atoms with E-state index in [2.05, 4.69) is 10.2 Å². The second-order valence-corrected chi connectivity index (χ2v) is 8.04. The molecule has 0 saturated carbocycles. The molecular weight excluding hydrogens is 364 g/mol. The molecule has 0 aliphatic heterocycles. The Labute approximate surface area is 157 Å². The summed E-state index contributed by atoms with van der Waals surface area (Å²) in [6, 6.07) is 16.8. The van der Waals surface area contributed by atoms with Crippen molar-refractivity contribution in [3.8, 4) is 17.5 Å². The zero-order valence-electron chi connectivity index (χ0n) is 14.9. The highest BCUT2D eigenvalue weighted by molar-refractivity contribution is 7.89. The first-order chi connectivity index (χ1) is 12.9. The van der Waals surface area contributed by atoms with Gasteiger partial charge in [-0.05, 0) is 44.2 Å². The highest BCUT2D eigenvalue weighted by Crippen LogP contribution is 2.23. The molecule has 0 N–H and O–H groups in total.